The second-order valence-electron chi connectivity index (χ2n) is 3.87. The number of carbonyl (C=O) groups excluding carboxylic acids is 1. The molecule has 0 radical (unpaired) electrons. The molecule has 0 aliphatic heterocycles. The Balaban J connectivity index is 2.36. The number of ether oxygens (including phenoxy) is 1. The van der Waals surface area contributed by atoms with Crippen LogP contribution in [0.15, 0.2) is 12.2 Å². The van der Waals surface area contributed by atoms with Crippen LogP contribution in [-0.4, -0.2) is 26.2 Å². The van der Waals surface area contributed by atoms with E-state index in [0.717, 1.165) is 25.8 Å². The highest BCUT2D eigenvalue weighted by molar-refractivity contribution is 5.45. The highest BCUT2D eigenvalue weighted by Crippen LogP contribution is 2.28. The van der Waals surface area contributed by atoms with Crippen LogP contribution in [0, 0.1) is 11.8 Å². The normalized spacial score (nSPS) is 31.4. The van der Waals surface area contributed by atoms with Gasteiger partial charge in [-0.25, -0.2) is 0 Å². The standard InChI is InChI=1S/C11H19NO2/c1-9-3-4-11(14-2)7-10(9)5-6-12-8-13/h3-4,8-11H,5-7H2,1-2H3,(H,12,13). The summed E-state index contributed by atoms with van der Waals surface area (Å²) in [4.78, 5) is 10.1. The van der Waals surface area contributed by atoms with E-state index in [-0.39, 0.29) is 6.10 Å². The maximum absolute atomic E-state index is 10.1. The van der Waals surface area contributed by atoms with Crippen LogP contribution in [0.1, 0.15) is 19.8 Å². The molecule has 1 amide bonds. The molecule has 0 aromatic rings. The molecule has 80 valence electrons. The van der Waals surface area contributed by atoms with E-state index in [1.807, 2.05) is 0 Å². The average molecular weight is 197 g/mol. The zero-order valence-corrected chi connectivity index (χ0v) is 8.90. The van der Waals surface area contributed by atoms with Gasteiger partial charge in [0.2, 0.25) is 6.41 Å². The number of hydrogen-bond acceptors (Lipinski definition) is 2. The number of hydrogen-bond donors (Lipinski definition) is 1. The Morgan fingerprint density at radius 2 is 2.36 bits per heavy atom. The second kappa shape index (κ2) is 5.81. The summed E-state index contributed by atoms with van der Waals surface area (Å²) in [5.74, 6) is 1.22. The molecule has 3 heteroatoms. The Labute approximate surface area is 85.5 Å². The van der Waals surface area contributed by atoms with Crippen molar-refractivity contribution in [2.45, 2.75) is 25.9 Å². The lowest BCUT2D eigenvalue weighted by Crippen LogP contribution is -2.26. The summed E-state index contributed by atoms with van der Waals surface area (Å²) in [6.07, 6.45) is 7.46. The molecule has 0 spiro atoms. The molecule has 1 N–H and O–H groups in total. The van der Waals surface area contributed by atoms with Gasteiger partial charge in [0, 0.05) is 13.7 Å². The third-order valence-corrected chi connectivity index (χ3v) is 2.95. The number of methoxy groups -OCH3 is 1. The van der Waals surface area contributed by atoms with Crippen LogP contribution in [0.3, 0.4) is 0 Å². The first-order valence-corrected chi connectivity index (χ1v) is 5.16. The third-order valence-electron chi connectivity index (χ3n) is 2.95. The highest BCUT2D eigenvalue weighted by Gasteiger charge is 2.22. The van der Waals surface area contributed by atoms with Gasteiger partial charge in [0.15, 0.2) is 0 Å². The maximum atomic E-state index is 10.1. The van der Waals surface area contributed by atoms with E-state index in [1.165, 1.54) is 0 Å². The third kappa shape index (κ3) is 3.14. The van der Waals surface area contributed by atoms with E-state index >= 15 is 0 Å². The van der Waals surface area contributed by atoms with Crippen molar-refractivity contribution >= 4 is 6.41 Å². The molecule has 0 aromatic heterocycles. The van der Waals surface area contributed by atoms with Crippen molar-refractivity contribution in [2.75, 3.05) is 13.7 Å². The Hall–Kier alpha value is -0.830. The molecular formula is C11H19NO2. The molecule has 0 aromatic carbocycles. The predicted octanol–water partition coefficient (Wildman–Crippen LogP) is 1.35. The smallest absolute Gasteiger partial charge is 0.207 e. The van der Waals surface area contributed by atoms with E-state index in [0.29, 0.717) is 11.8 Å². The SMILES string of the molecule is COC1C=CC(C)C(CCNC=O)C1. The molecule has 0 heterocycles. The van der Waals surface area contributed by atoms with E-state index in [1.54, 1.807) is 7.11 Å². The van der Waals surface area contributed by atoms with Gasteiger partial charge in [-0.1, -0.05) is 19.1 Å². The monoisotopic (exact) mass is 197 g/mol. The van der Waals surface area contributed by atoms with Crippen LogP contribution in [0.5, 0.6) is 0 Å². The van der Waals surface area contributed by atoms with Crippen molar-refractivity contribution in [3.8, 4) is 0 Å². The van der Waals surface area contributed by atoms with Gasteiger partial charge in [0.1, 0.15) is 0 Å². The van der Waals surface area contributed by atoms with Gasteiger partial charge < -0.3 is 10.1 Å². The minimum atomic E-state index is 0.257. The van der Waals surface area contributed by atoms with Gasteiger partial charge in [0.05, 0.1) is 6.10 Å². The highest BCUT2D eigenvalue weighted by atomic mass is 16.5. The van der Waals surface area contributed by atoms with Crippen molar-refractivity contribution in [2.24, 2.45) is 11.8 Å². The molecule has 0 saturated carbocycles. The van der Waals surface area contributed by atoms with Crippen LogP contribution < -0.4 is 5.32 Å². The lowest BCUT2D eigenvalue weighted by atomic mass is 9.82. The lowest BCUT2D eigenvalue weighted by Gasteiger charge is -2.28. The molecule has 1 aliphatic carbocycles. The maximum Gasteiger partial charge on any atom is 0.207 e. The summed E-state index contributed by atoms with van der Waals surface area (Å²) in [7, 11) is 1.74. The van der Waals surface area contributed by atoms with Crippen molar-refractivity contribution < 1.29 is 9.53 Å². The summed E-state index contributed by atoms with van der Waals surface area (Å²) < 4.78 is 5.30. The van der Waals surface area contributed by atoms with E-state index in [2.05, 4.69) is 24.4 Å². The van der Waals surface area contributed by atoms with Crippen molar-refractivity contribution in [3.05, 3.63) is 12.2 Å². The quantitative estimate of drug-likeness (QED) is 0.410. The number of nitrogens with one attached hydrogen (secondary N) is 1. The first-order chi connectivity index (χ1) is 6.77. The van der Waals surface area contributed by atoms with Crippen molar-refractivity contribution in [1.29, 1.82) is 0 Å². The fourth-order valence-corrected chi connectivity index (χ4v) is 1.93. The molecule has 0 fully saturated rings. The lowest BCUT2D eigenvalue weighted by molar-refractivity contribution is -0.109. The molecule has 3 nitrogen and oxygen atoms in total. The predicted molar refractivity (Wildman–Crippen MR) is 55.9 cm³/mol. The molecule has 0 bridgehead atoms. The zero-order chi connectivity index (χ0) is 10.4. The van der Waals surface area contributed by atoms with Gasteiger partial charge in [-0.2, -0.15) is 0 Å². The molecule has 1 aliphatic rings. The largest absolute Gasteiger partial charge is 0.377 e. The summed E-state index contributed by atoms with van der Waals surface area (Å²) in [6.45, 7) is 2.98. The zero-order valence-electron chi connectivity index (χ0n) is 8.90. The fraction of sp³-hybridized carbons (Fsp3) is 0.727. The summed E-state index contributed by atoms with van der Waals surface area (Å²) in [5, 5.41) is 2.70. The molecular weight excluding hydrogens is 178 g/mol. The number of rotatable bonds is 5. The van der Waals surface area contributed by atoms with E-state index in [9.17, 15) is 4.79 Å². The summed E-state index contributed by atoms with van der Waals surface area (Å²) in [5.41, 5.74) is 0. The van der Waals surface area contributed by atoms with Crippen molar-refractivity contribution in [1.82, 2.24) is 5.32 Å². The topological polar surface area (TPSA) is 38.3 Å². The molecule has 3 atom stereocenters. The van der Waals surface area contributed by atoms with Crippen LogP contribution >= 0.6 is 0 Å². The van der Waals surface area contributed by atoms with Crippen LogP contribution in [0.4, 0.5) is 0 Å². The van der Waals surface area contributed by atoms with Gasteiger partial charge >= 0.3 is 0 Å². The summed E-state index contributed by atoms with van der Waals surface area (Å²) in [6, 6.07) is 0. The van der Waals surface area contributed by atoms with E-state index in [4.69, 9.17) is 4.74 Å². The van der Waals surface area contributed by atoms with Gasteiger partial charge in [-0.05, 0) is 24.7 Å². The Bertz CT molecular complexity index is 203. The Morgan fingerprint density at radius 1 is 1.57 bits per heavy atom. The van der Waals surface area contributed by atoms with Crippen molar-refractivity contribution in [3.63, 3.8) is 0 Å². The summed E-state index contributed by atoms with van der Waals surface area (Å²) >= 11 is 0. The van der Waals surface area contributed by atoms with Gasteiger partial charge in [0.25, 0.3) is 0 Å². The minimum absolute atomic E-state index is 0.257. The van der Waals surface area contributed by atoms with Crippen LogP contribution in [0.2, 0.25) is 0 Å². The Morgan fingerprint density at radius 3 is 3.00 bits per heavy atom. The first-order valence-electron chi connectivity index (χ1n) is 5.16. The molecule has 14 heavy (non-hydrogen) atoms. The number of allylic oxidation sites excluding steroid dienone is 1. The molecule has 3 unspecified atom stereocenters. The second-order valence-corrected chi connectivity index (χ2v) is 3.87. The van der Waals surface area contributed by atoms with E-state index < -0.39 is 0 Å². The average Bonchev–Trinajstić information content (AvgIpc) is 2.21. The molecule has 1 rings (SSSR count). The number of carbonyl (C=O) groups is 1. The van der Waals surface area contributed by atoms with Crippen LogP contribution in [-0.2, 0) is 9.53 Å². The van der Waals surface area contributed by atoms with Gasteiger partial charge in [-0.15, -0.1) is 0 Å². The van der Waals surface area contributed by atoms with Crippen LogP contribution in [0.25, 0.3) is 0 Å². The number of amides is 1. The Kier molecular flexibility index (Phi) is 4.66. The minimum Gasteiger partial charge on any atom is -0.377 e. The van der Waals surface area contributed by atoms with Gasteiger partial charge in [-0.3, -0.25) is 4.79 Å². The molecule has 0 saturated heterocycles. The fourth-order valence-electron chi connectivity index (χ4n) is 1.93. The first kappa shape index (κ1) is 11.2.